The molecule has 10 nitrogen and oxygen atoms in total. The van der Waals surface area contributed by atoms with Gasteiger partial charge >= 0.3 is 0 Å². The lowest BCUT2D eigenvalue weighted by Gasteiger charge is -2.32. The predicted octanol–water partition coefficient (Wildman–Crippen LogP) is 15.2. The number of halogens is 4. The minimum atomic E-state index is -2.69. The summed E-state index contributed by atoms with van der Waals surface area (Å²) < 4.78 is 95.8. The summed E-state index contributed by atoms with van der Waals surface area (Å²) in [5.74, 6) is -0.0888. The smallest absolute Gasteiger partial charge is 0.255 e. The molecule has 2 aliphatic carbocycles. The average molecular weight is 1130 g/mol. The van der Waals surface area contributed by atoms with Gasteiger partial charge in [0.15, 0.2) is 11.6 Å². The largest absolute Gasteiger partial charge is 0.497 e. The lowest BCUT2D eigenvalue weighted by molar-refractivity contribution is 0.0649. The van der Waals surface area contributed by atoms with E-state index in [0.717, 1.165) is 99.6 Å². The van der Waals surface area contributed by atoms with Crippen LogP contribution < -0.4 is 33.5 Å². The van der Waals surface area contributed by atoms with Crippen LogP contribution in [0.25, 0.3) is 21.9 Å². The zero-order valence-corrected chi connectivity index (χ0v) is 48.1. The molecule has 0 bridgehead atoms. The molecular formula is C69H71F4N5O5. The maximum absolute atomic E-state index is 18.6. The molecule has 4 atom stereocenters. The van der Waals surface area contributed by atoms with Gasteiger partial charge in [-0.25, -0.2) is 22.5 Å². The molecule has 12 rings (SSSR count). The van der Waals surface area contributed by atoms with E-state index in [1.54, 1.807) is 53.0 Å². The number of ether oxygens (including phenoxy) is 5. The molecule has 3 heterocycles. The molecule has 0 amide bonds. The summed E-state index contributed by atoms with van der Waals surface area (Å²) in [6, 6.07) is 40.8. The molecule has 2 aliphatic heterocycles. The third kappa shape index (κ3) is 10.9. The summed E-state index contributed by atoms with van der Waals surface area (Å²) in [7, 11) is 6.56. The number of alkyl halides is 2. The highest BCUT2D eigenvalue weighted by molar-refractivity contribution is 5.96. The first kappa shape index (κ1) is 55.7. The van der Waals surface area contributed by atoms with Crippen LogP contribution >= 0.6 is 0 Å². The first-order valence-electron chi connectivity index (χ1n) is 28.9. The van der Waals surface area contributed by atoms with E-state index in [-0.39, 0.29) is 36.0 Å². The van der Waals surface area contributed by atoms with Gasteiger partial charge in [-0.1, -0.05) is 55.5 Å². The second-order valence-electron chi connectivity index (χ2n) is 23.5. The van der Waals surface area contributed by atoms with Crippen molar-refractivity contribution in [3.8, 4) is 39.9 Å². The van der Waals surface area contributed by atoms with Crippen LogP contribution in [0.2, 0.25) is 0 Å². The van der Waals surface area contributed by atoms with Gasteiger partial charge in [0.25, 0.3) is 5.92 Å². The van der Waals surface area contributed by atoms with Gasteiger partial charge in [0.05, 0.1) is 50.8 Å². The Morgan fingerprint density at radius 3 is 1.70 bits per heavy atom. The molecule has 0 N–H and O–H groups in total. The van der Waals surface area contributed by atoms with E-state index in [4.69, 9.17) is 33.7 Å². The molecule has 1 unspecified atom stereocenters. The summed E-state index contributed by atoms with van der Waals surface area (Å²) in [4.78, 5) is 16.7. The first-order valence-corrected chi connectivity index (χ1v) is 28.9. The van der Waals surface area contributed by atoms with Gasteiger partial charge in [-0.2, -0.15) is 0 Å². The number of aromatic nitrogens is 2. The van der Waals surface area contributed by atoms with E-state index in [2.05, 4.69) is 47.1 Å². The van der Waals surface area contributed by atoms with Crippen LogP contribution in [0.5, 0.6) is 28.7 Å². The number of hydrogen-bond donors (Lipinski definition) is 0. The quantitative estimate of drug-likeness (QED) is 0.0688. The fraction of sp³-hybridized carbons (Fsp3) is 0.362. The number of aryl methyl sites for hydroxylation is 2. The van der Waals surface area contributed by atoms with Gasteiger partial charge in [-0.3, -0.25) is 9.88 Å². The SMILES string of the molecule is COc1ccc(CN(Cc2ccc(OC)cc2)c2cc(C)cc(-c3cc4c5c(cc(OC[C@@]67CCCN6C[C@]6(CC6(F)F)C7)cc5c3F)C([C@@H](C)c3nccnc3N(Cc3ccc(OC)cc3)Cc3ccc(OC)cc3)CCC4)c2F)cc1. The molecule has 83 heavy (non-hydrogen) atoms. The van der Waals surface area contributed by atoms with Crippen LogP contribution in [0, 0.1) is 24.0 Å². The zero-order valence-electron chi connectivity index (χ0n) is 48.1. The highest BCUT2D eigenvalue weighted by atomic mass is 19.3. The average Bonchev–Trinajstić information content (AvgIpc) is 3.15. The van der Waals surface area contributed by atoms with Crippen molar-refractivity contribution in [1.29, 1.82) is 0 Å². The Hall–Kier alpha value is -7.84. The van der Waals surface area contributed by atoms with E-state index >= 15 is 17.6 Å². The van der Waals surface area contributed by atoms with Crippen molar-refractivity contribution in [2.75, 3.05) is 57.9 Å². The second kappa shape index (κ2) is 22.7. The van der Waals surface area contributed by atoms with Crippen molar-refractivity contribution >= 4 is 22.3 Å². The molecule has 2 saturated heterocycles. The molecule has 4 aliphatic rings. The molecule has 8 aromatic rings. The highest BCUT2D eigenvalue weighted by Gasteiger charge is 2.77. The van der Waals surface area contributed by atoms with Crippen LogP contribution in [0.4, 0.5) is 29.1 Å². The second-order valence-corrected chi connectivity index (χ2v) is 23.5. The van der Waals surface area contributed by atoms with Crippen LogP contribution in [0.15, 0.2) is 140 Å². The third-order valence-corrected chi connectivity index (χ3v) is 18.2. The summed E-state index contributed by atoms with van der Waals surface area (Å²) >= 11 is 0. The van der Waals surface area contributed by atoms with Gasteiger partial charge in [0.1, 0.15) is 41.2 Å². The topological polar surface area (TPSA) is 81.7 Å². The van der Waals surface area contributed by atoms with Crippen molar-refractivity contribution < 1.29 is 41.2 Å². The third-order valence-electron chi connectivity index (χ3n) is 18.2. The van der Waals surface area contributed by atoms with Crippen molar-refractivity contribution in [3.63, 3.8) is 0 Å². The van der Waals surface area contributed by atoms with E-state index in [1.807, 2.05) is 96.8 Å². The Morgan fingerprint density at radius 2 is 1.16 bits per heavy atom. The molecule has 430 valence electrons. The number of fused-ring (bicyclic) bond motifs is 1. The lowest BCUT2D eigenvalue weighted by atomic mass is 9.80. The van der Waals surface area contributed by atoms with E-state index < -0.39 is 28.5 Å². The Morgan fingerprint density at radius 1 is 0.627 bits per heavy atom. The predicted molar refractivity (Wildman–Crippen MR) is 318 cm³/mol. The number of methoxy groups -OCH3 is 4. The van der Waals surface area contributed by atoms with Gasteiger partial charge in [0.2, 0.25) is 0 Å². The lowest BCUT2D eigenvalue weighted by Crippen LogP contribution is -2.43. The number of benzene rings is 7. The molecule has 0 radical (unpaired) electrons. The van der Waals surface area contributed by atoms with Crippen LogP contribution in [-0.2, 0) is 32.6 Å². The van der Waals surface area contributed by atoms with E-state index in [0.29, 0.717) is 73.9 Å². The number of hydrogen-bond acceptors (Lipinski definition) is 10. The minimum Gasteiger partial charge on any atom is -0.497 e. The Bertz CT molecular complexity index is 3540. The monoisotopic (exact) mass is 1130 g/mol. The van der Waals surface area contributed by atoms with Crippen LogP contribution in [0.1, 0.15) is 102 Å². The standard InChI is InChI=1S/C69H71F4N5O5/c1-44-31-58(64(71)61(32-44)76(36-46-11-19-51(79-3)20-12-46)37-47-13-21-52(80-4)22-14-47)59-33-50-9-7-10-56(57-34-55(35-60(62(50)57)63(59)70)83-43-68-27-8-30-78(68)42-67(40-68)41-69(67,72)73)45(2)65-66(75-29-28-74-65)77(38-48-15-23-53(81-5)24-16-48)39-49-17-25-54(82-6)26-18-49/h11-26,28-29,31-35,45,56H,7-10,27,30,36-43H2,1-6H3/t45-,56?,67-,68+/m1/s1. The molecule has 1 spiro atoms. The normalized spacial score (nSPS) is 20.0. The Balaban J connectivity index is 0.969. The fourth-order valence-corrected chi connectivity index (χ4v) is 13.8. The molecule has 1 saturated carbocycles. The zero-order chi connectivity index (χ0) is 57.6. The number of nitrogens with zero attached hydrogens (tertiary/aromatic N) is 5. The summed E-state index contributed by atoms with van der Waals surface area (Å²) in [5, 5.41) is 1.11. The van der Waals surface area contributed by atoms with Crippen molar-refractivity contribution in [2.24, 2.45) is 5.41 Å². The van der Waals surface area contributed by atoms with Gasteiger partial charge in [0, 0.05) is 74.0 Å². The molecule has 3 fully saturated rings. The minimum absolute atomic E-state index is 0.103. The molecular weight excluding hydrogens is 1050 g/mol. The Kier molecular flexibility index (Phi) is 15.2. The van der Waals surface area contributed by atoms with Crippen molar-refractivity contribution in [3.05, 3.63) is 196 Å². The highest BCUT2D eigenvalue weighted by Crippen LogP contribution is 2.69. The van der Waals surface area contributed by atoms with Gasteiger partial charge in [-0.15, -0.1) is 0 Å². The van der Waals surface area contributed by atoms with Gasteiger partial charge < -0.3 is 33.5 Å². The van der Waals surface area contributed by atoms with Crippen molar-refractivity contribution in [1.82, 2.24) is 14.9 Å². The number of anilines is 2. The van der Waals surface area contributed by atoms with Gasteiger partial charge in [-0.05, 0) is 181 Å². The fourth-order valence-electron chi connectivity index (χ4n) is 13.8. The van der Waals surface area contributed by atoms with E-state index in [1.165, 1.54) is 0 Å². The molecule has 7 aromatic carbocycles. The Labute approximate surface area is 484 Å². The summed E-state index contributed by atoms with van der Waals surface area (Å²) in [6.07, 6.45) is 7.46. The maximum atomic E-state index is 18.6. The van der Waals surface area contributed by atoms with Crippen LogP contribution in [-0.4, -0.2) is 74.5 Å². The number of rotatable bonds is 20. The summed E-state index contributed by atoms with van der Waals surface area (Å²) in [6.45, 7) is 7.14. The summed E-state index contributed by atoms with van der Waals surface area (Å²) in [5.41, 5.74) is 6.47. The van der Waals surface area contributed by atoms with Crippen LogP contribution in [0.3, 0.4) is 0 Å². The molecule has 14 heteroatoms. The van der Waals surface area contributed by atoms with Crippen molar-refractivity contribution in [2.45, 2.75) is 108 Å². The maximum Gasteiger partial charge on any atom is 0.255 e. The van der Waals surface area contributed by atoms with E-state index in [9.17, 15) is 0 Å². The first-order chi connectivity index (χ1) is 40.2. The molecule has 1 aromatic heterocycles.